The third kappa shape index (κ3) is 6.43. The Balaban J connectivity index is 1.50. The number of rotatable bonds is 11. The van der Waals surface area contributed by atoms with E-state index in [-0.39, 0.29) is 30.2 Å². The monoisotopic (exact) mass is 520 g/mol. The zero-order chi connectivity index (χ0) is 27.1. The number of amides is 1. The van der Waals surface area contributed by atoms with Crippen molar-refractivity contribution in [1.29, 1.82) is 0 Å². The molecule has 0 aliphatic rings. The van der Waals surface area contributed by atoms with E-state index in [1.807, 2.05) is 54.6 Å². The van der Waals surface area contributed by atoms with Crippen LogP contribution in [0.3, 0.4) is 0 Å². The summed E-state index contributed by atoms with van der Waals surface area (Å²) in [6, 6.07) is 17.2. The zero-order valence-corrected chi connectivity index (χ0v) is 21.0. The summed E-state index contributed by atoms with van der Waals surface area (Å²) in [6.45, 7) is 2.19. The summed E-state index contributed by atoms with van der Waals surface area (Å²) in [6.07, 6.45) is 1.79. The number of nitrogens with zero attached hydrogens (tertiary/aromatic N) is 2. The number of aliphatic hydroxyl groups is 1. The van der Waals surface area contributed by atoms with E-state index in [9.17, 15) is 19.5 Å². The van der Waals surface area contributed by atoms with Gasteiger partial charge < -0.3 is 24.0 Å². The molecule has 0 spiro atoms. The Morgan fingerprint density at radius 1 is 1.11 bits per heavy atom. The zero-order valence-electron chi connectivity index (χ0n) is 21.0. The maximum atomic E-state index is 13.0. The minimum Gasteiger partial charge on any atom is -0.457 e. The van der Waals surface area contributed by atoms with E-state index in [1.165, 1.54) is 13.1 Å². The molecule has 0 saturated carbocycles. The van der Waals surface area contributed by atoms with Crippen LogP contribution >= 0.6 is 0 Å². The van der Waals surface area contributed by atoms with Gasteiger partial charge in [0.25, 0.3) is 5.91 Å². The summed E-state index contributed by atoms with van der Waals surface area (Å²) in [7, 11) is 0. The number of H-pyrrole nitrogens is 1. The van der Waals surface area contributed by atoms with Crippen LogP contribution in [0.2, 0.25) is 0 Å². The first-order chi connectivity index (χ1) is 18.3. The number of hydrogen-bond acceptors (Lipinski definition) is 9. The van der Waals surface area contributed by atoms with Crippen molar-refractivity contribution < 1.29 is 28.3 Å². The van der Waals surface area contributed by atoms with Gasteiger partial charge in [-0.1, -0.05) is 59.8 Å². The minimum absolute atomic E-state index is 0.0562. The number of aromatic amines is 1. The molecule has 0 saturated heterocycles. The second-order valence-electron chi connectivity index (χ2n) is 9.23. The van der Waals surface area contributed by atoms with Gasteiger partial charge in [-0.05, 0) is 43.4 Å². The van der Waals surface area contributed by atoms with Gasteiger partial charge >= 0.3 is 11.8 Å². The molecule has 38 heavy (non-hydrogen) atoms. The van der Waals surface area contributed by atoms with E-state index in [0.29, 0.717) is 6.42 Å². The molecule has 2 aromatic heterocycles. The average Bonchev–Trinajstić information content (AvgIpc) is 3.57. The molecule has 4 aromatic rings. The van der Waals surface area contributed by atoms with Crippen LogP contribution in [0.1, 0.15) is 40.9 Å². The van der Waals surface area contributed by atoms with Gasteiger partial charge in [-0.3, -0.25) is 14.7 Å². The van der Waals surface area contributed by atoms with Gasteiger partial charge in [0.05, 0.1) is 18.2 Å². The summed E-state index contributed by atoms with van der Waals surface area (Å²) >= 11 is 0. The molecule has 2 aromatic carbocycles. The highest BCUT2D eigenvalue weighted by Crippen LogP contribution is 2.28. The van der Waals surface area contributed by atoms with Crippen molar-refractivity contribution in [2.75, 3.05) is 6.61 Å². The molecule has 198 valence electrons. The van der Waals surface area contributed by atoms with Crippen LogP contribution in [0.4, 0.5) is 0 Å². The van der Waals surface area contributed by atoms with Crippen molar-refractivity contribution in [2.24, 2.45) is 5.41 Å². The fraction of sp³-hybridized carbons (Fsp3) is 0.296. The first kappa shape index (κ1) is 26.6. The number of aliphatic hydroxyl groups excluding tert-OH is 1. The van der Waals surface area contributed by atoms with Crippen LogP contribution in [0.5, 0.6) is 0 Å². The summed E-state index contributed by atoms with van der Waals surface area (Å²) in [4.78, 5) is 37.1. The molecule has 11 heteroatoms. The molecule has 2 atom stereocenters. The molecule has 1 amide bonds. The highest BCUT2D eigenvalue weighted by atomic mass is 16.6. The van der Waals surface area contributed by atoms with Gasteiger partial charge in [-0.25, -0.2) is 4.79 Å². The summed E-state index contributed by atoms with van der Waals surface area (Å²) in [5.41, 5.74) is 1.76. The van der Waals surface area contributed by atoms with Crippen molar-refractivity contribution >= 4 is 11.9 Å². The number of ether oxygens (including phenoxy) is 1. The first-order valence-corrected chi connectivity index (χ1v) is 12.0. The number of nitrogens with one attached hydrogen (secondary N) is 2. The van der Waals surface area contributed by atoms with Gasteiger partial charge in [-0.2, -0.15) is 0 Å². The Kier molecular flexibility index (Phi) is 8.17. The lowest BCUT2D eigenvalue weighted by atomic mass is 9.82. The van der Waals surface area contributed by atoms with Gasteiger partial charge in [0.2, 0.25) is 0 Å². The average molecular weight is 521 g/mol. The lowest BCUT2D eigenvalue weighted by molar-refractivity contribution is -0.160. The normalized spacial score (nSPS) is 13.4. The van der Waals surface area contributed by atoms with E-state index in [1.54, 1.807) is 6.92 Å². The number of benzene rings is 2. The third-order valence-electron chi connectivity index (χ3n) is 6.24. The molecule has 11 nitrogen and oxygen atoms in total. The van der Waals surface area contributed by atoms with Crippen molar-refractivity contribution in [2.45, 2.75) is 39.3 Å². The Morgan fingerprint density at radius 2 is 1.82 bits per heavy atom. The van der Waals surface area contributed by atoms with Gasteiger partial charge in [0.1, 0.15) is 0 Å². The summed E-state index contributed by atoms with van der Waals surface area (Å²) in [5, 5.41) is 22.9. The minimum atomic E-state index is -1.37. The fourth-order valence-electron chi connectivity index (χ4n) is 4.06. The van der Waals surface area contributed by atoms with Crippen molar-refractivity contribution in [3.05, 3.63) is 94.2 Å². The maximum Gasteiger partial charge on any atom is 0.519 e. The van der Waals surface area contributed by atoms with E-state index in [2.05, 4.69) is 20.7 Å². The first-order valence-electron chi connectivity index (χ1n) is 12.0. The molecule has 4 rings (SSSR count). The van der Waals surface area contributed by atoms with Crippen LogP contribution in [0.15, 0.2) is 74.4 Å². The molecular weight excluding hydrogens is 492 g/mol. The second-order valence-corrected chi connectivity index (χ2v) is 9.23. The second kappa shape index (κ2) is 11.7. The van der Waals surface area contributed by atoms with Gasteiger partial charge in [0, 0.05) is 6.04 Å². The molecule has 2 heterocycles. The maximum absolute atomic E-state index is 13.0. The van der Waals surface area contributed by atoms with E-state index < -0.39 is 35.8 Å². The van der Waals surface area contributed by atoms with Crippen LogP contribution in [0.25, 0.3) is 11.1 Å². The van der Waals surface area contributed by atoms with Crippen LogP contribution in [-0.4, -0.2) is 45.0 Å². The third-order valence-corrected chi connectivity index (χ3v) is 6.24. The molecule has 0 aliphatic heterocycles. The number of carbonyl (C=O) groups is 2. The van der Waals surface area contributed by atoms with Crippen LogP contribution < -0.4 is 11.1 Å². The number of esters is 1. The molecule has 1 unspecified atom stereocenters. The Morgan fingerprint density at radius 3 is 2.42 bits per heavy atom. The predicted octanol–water partition coefficient (Wildman–Crippen LogP) is 2.80. The van der Waals surface area contributed by atoms with E-state index in [4.69, 9.17) is 13.6 Å². The van der Waals surface area contributed by atoms with Crippen molar-refractivity contribution in [3.63, 3.8) is 0 Å². The summed E-state index contributed by atoms with van der Waals surface area (Å²) in [5.74, 6) is -1.81. The van der Waals surface area contributed by atoms with Crippen LogP contribution in [-0.2, 0) is 22.6 Å². The number of hydrogen-bond donors (Lipinski definition) is 3. The topological polar surface area (TPSA) is 161 Å². The molecule has 3 N–H and O–H groups in total. The van der Waals surface area contributed by atoms with Gasteiger partial charge in [-0.15, -0.1) is 5.10 Å². The lowest BCUT2D eigenvalue weighted by Gasteiger charge is -2.30. The highest BCUT2D eigenvalue weighted by Gasteiger charge is 2.38. The SMILES string of the molecule is Cc1oc(=O)oc1COC(=O)C(C)(CO)C[C@@H](Cc1ccc(-c2ccccc2)cc1)NC(=O)c1c[nH]nn1. The lowest BCUT2D eigenvalue weighted by Crippen LogP contribution is -2.44. The number of aromatic nitrogens is 3. The number of carbonyl (C=O) groups excluding carboxylic acids is 2. The quantitative estimate of drug-likeness (QED) is 0.253. The smallest absolute Gasteiger partial charge is 0.457 e. The fourth-order valence-corrected chi connectivity index (χ4v) is 4.06. The molecule has 0 bridgehead atoms. The standard InChI is InChI=1S/C27H28N4O7/c1-17-23(38-26(35)37-17)15-36-25(34)27(2,16-32)13-21(29-24(33)22-14-28-31-30-22)12-18-8-10-20(11-9-18)19-6-4-3-5-7-19/h3-11,14,21,32H,12-13,15-16H2,1-2H3,(H,29,33)(H,28,30,31)/t21-,27?/m1/s1. The van der Waals surface area contributed by atoms with Crippen molar-refractivity contribution in [3.8, 4) is 11.1 Å². The van der Waals surface area contributed by atoms with Crippen LogP contribution in [0, 0.1) is 12.3 Å². The Labute approximate surface area is 217 Å². The molecule has 0 fully saturated rings. The molecule has 0 radical (unpaired) electrons. The Bertz CT molecular complexity index is 1410. The largest absolute Gasteiger partial charge is 0.519 e. The van der Waals surface area contributed by atoms with Crippen molar-refractivity contribution in [1.82, 2.24) is 20.7 Å². The summed E-state index contributed by atoms with van der Waals surface area (Å²) < 4.78 is 15.0. The highest BCUT2D eigenvalue weighted by molar-refractivity contribution is 5.92. The van der Waals surface area contributed by atoms with E-state index in [0.717, 1.165) is 16.7 Å². The van der Waals surface area contributed by atoms with E-state index >= 15 is 0 Å². The van der Waals surface area contributed by atoms with Gasteiger partial charge in [0.15, 0.2) is 23.8 Å². The number of aryl methyl sites for hydroxylation is 1. The molecular formula is C27H28N4O7. The molecule has 0 aliphatic carbocycles. The Hall–Kier alpha value is -4.51. The predicted molar refractivity (Wildman–Crippen MR) is 135 cm³/mol.